The second kappa shape index (κ2) is 4.40. The van der Waals surface area contributed by atoms with Crippen LogP contribution in [0.5, 0.6) is 0 Å². The molecule has 1 aliphatic rings. The van der Waals surface area contributed by atoms with Crippen LogP contribution < -0.4 is 0 Å². The van der Waals surface area contributed by atoms with Crippen LogP contribution in [0.4, 0.5) is 0 Å². The first-order chi connectivity index (χ1) is 7.18. The summed E-state index contributed by atoms with van der Waals surface area (Å²) in [5, 5.41) is 10.3. The summed E-state index contributed by atoms with van der Waals surface area (Å²) < 4.78 is 5.24. The molecule has 0 spiro atoms. The summed E-state index contributed by atoms with van der Waals surface area (Å²) in [6.07, 6.45) is 6.20. The summed E-state index contributed by atoms with van der Waals surface area (Å²) in [5.41, 5.74) is 0.981. The maximum atomic E-state index is 10.3. The van der Waals surface area contributed by atoms with Gasteiger partial charge in [0.2, 0.25) is 0 Å². The van der Waals surface area contributed by atoms with Crippen molar-refractivity contribution in [3.05, 3.63) is 23.7 Å². The van der Waals surface area contributed by atoms with Crippen molar-refractivity contribution in [1.29, 1.82) is 0 Å². The Morgan fingerprint density at radius 1 is 1.47 bits per heavy atom. The molecule has 0 amide bonds. The Balaban J connectivity index is 2.07. The van der Waals surface area contributed by atoms with Crippen molar-refractivity contribution in [2.75, 3.05) is 0 Å². The van der Waals surface area contributed by atoms with E-state index in [9.17, 15) is 5.11 Å². The molecule has 1 aliphatic carbocycles. The van der Waals surface area contributed by atoms with E-state index in [0.29, 0.717) is 5.92 Å². The van der Waals surface area contributed by atoms with E-state index in [1.54, 1.807) is 6.26 Å². The molecule has 3 atom stereocenters. The second-order valence-corrected chi connectivity index (χ2v) is 4.91. The summed E-state index contributed by atoms with van der Waals surface area (Å²) in [7, 11) is 0. The third kappa shape index (κ3) is 2.25. The van der Waals surface area contributed by atoms with Gasteiger partial charge in [0.15, 0.2) is 0 Å². The molecule has 84 valence electrons. The van der Waals surface area contributed by atoms with Gasteiger partial charge in [-0.25, -0.2) is 0 Å². The third-order valence-electron chi connectivity index (χ3n) is 3.64. The molecule has 2 heteroatoms. The molecule has 0 bridgehead atoms. The fourth-order valence-electron chi connectivity index (χ4n) is 2.72. The molecule has 0 aromatic carbocycles. The number of furan rings is 1. The van der Waals surface area contributed by atoms with Crippen LogP contribution in [0.2, 0.25) is 0 Å². The van der Waals surface area contributed by atoms with Crippen LogP contribution in [0, 0.1) is 18.8 Å². The highest BCUT2D eigenvalue weighted by atomic mass is 16.3. The molecule has 0 aliphatic heterocycles. The molecule has 3 unspecified atom stereocenters. The lowest BCUT2D eigenvalue weighted by Gasteiger charge is -2.30. The van der Waals surface area contributed by atoms with Crippen LogP contribution in [-0.4, -0.2) is 5.11 Å². The van der Waals surface area contributed by atoms with Gasteiger partial charge in [0.25, 0.3) is 0 Å². The Bertz CT molecular complexity index is 316. The first kappa shape index (κ1) is 10.7. The zero-order valence-electron chi connectivity index (χ0n) is 9.57. The molecular weight excluding hydrogens is 188 g/mol. The predicted octanol–water partition coefficient (Wildman–Crippen LogP) is 3.45. The minimum absolute atomic E-state index is 0.327. The van der Waals surface area contributed by atoms with E-state index in [1.165, 1.54) is 12.8 Å². The average Bonchev–Trinajstić information content (AvgIpc) is 2.63. The number of aliphatic hydroxyl groups excluding tert-OH is 1. The largest absolute Gasteiger partial charge is 0.469 e. The SMILES string of the molecule is Cc1occc1C(O)C1CCCC(C)C1. The van der Waals surface area contributed by atoms with E-state index >= 15 is 0 Å². The van der Waals surface area contributed by atoms with Crippen molar-refractivity contribution >= 4 is 0 Å². The van der Waals surface area contributed by atoms with Crippen LogP contribution in [0.3, 0.4) is 0 Å². The summed E-state index contributed by atoms with van der Waals surface area (Å²) in [4.78, 5) is 0. The normalized spacial score (nSPS) is 29.0. The number of aliphatic hydroxyl groups is 1. The fraction of sp³-hybridized carbons (Fsp3) is 0.692. The van der Waals surface area contributed by atoms with E-state index in [-0.39, 0.29) is 6.10 Å². The topological polar surface area (TPSA) is 33.4 Å². The van der Waals surface area contributed by atoms with Gasteiger partial charge in [-0.1, -0.05) is 19.8 Å². The lowest BCUT2D eigenvalue weighted by atomic mass is 9.78. The van der Waals surface area contributed by atoms with Gasteiger partial charge in [0, 0.05) is 5.56 Å². The van der Waals surface area contributed by atoms with Crippen molar-refractivity contribution < 1.29 is 9.52 Å². The molecule has 2 nitrogen and oxygen atoms in total. The van der Waals surface area contributed by atoms with Crippen molar-refractivity contribution in [3.63, 3.8) is 0 Å². The Morgan fingerprint density at radius 2 is 2.27 bits per heavy atom. The van der Waals surface area contributed by atoms with Gasteiger partial charge in [0.1, 0.15) is 5.76 Å². The Labute approximate surface area is 91.3 Å². The zero-order chi connectivity index (χ0) is 10.8. The number of hydrogen-bond donors (Lipinski definition) is 1. The first-order valence-corrected chi connectivity index (χ1v) is 5.90. The Kier molecular flexibility index (Phi) is 3.15. The molecule has 0 saturated heterocycles. The molecule has 0 radical (unpaired) electrons. The minimum atomic E-state index is -0.327. The van der Waals surface area contributed by atoms with E-state index < -0.39 is 0 Å². The van der Waals surface area contributed by atoms with Gasteiger partial charge >= 0.3 is 0 Å². The monoisotopic (exact) mass is 208 g/mol. The maximum absolute atomic E-state index is 10.3. The molecule has 1 aromatic heterocycles. The summed E-state index contributed by atoms with van der Waals surface area (Å²) in [5.74, 6) is 2.04. The van der Waals surface area contributed by atoms with Crippen LogP contribution in [0.25, 0.3) is 0 Å². The first-order valence-electron chi connectivity index (χ1n) is 5.90. The smallest absolute Gasteiger partial charge is 0.106 e. The van der Waals surface area contributed by atoms with E-state index in [1.807, 2.05) is 13.0 Å². The highest BCUT2D eigenvalue weighted by Crippen LogP contribution is 2.37. The highest BCUT2D eigenvalue weighted by Gasteiger charge is 2.27. The lowest BCUT2D eigenvalue weighted by molar-refractivity contribution is 0.0702. The molecular formula is C13H20O2. The number of rotatable bonds is 2. The predicted molar refractivity (Wildman–Crippen MR) is 59.5 cm³/mol. The summed E-state index contributed by atoms with van der Waals surface area (Å²) in [6.45, 7) is 4.20. The fourth-order valence-corrected chi connectivity index (χ4v) is 2.72. The van der Waals surface area contributed by atoms with Crippen molar-refractivity contribution in [2.24, 2.45) is 11.8 Å². The van der Waals surface area contributed by atoms with Crippen molar-refractivity contribution in [2.45, 2.75) is 45.6 Å². The van der Waals surface area contributed by atoms with Crippen molar-refractivity contribution in [1.82, 2.24) is 0 Å². The van der Waals surface area contributed by atoms with Crippen LogP contribution in [0.15, 0.2) is 16.7 Å². The zero-order valence-corrected chi connectivity index (χ0v) is 9.57. The van der Waals surface area contributed by atoms with Crippen LogP contribution in [0.1, 0.15) is 50.0 Å². The van der Waals surface area contributed by atoms with Gasteiger partial charge in [-0.2, -0.15) is 0 Å². The molecule has 2 rings (SSSR count). The molecule has 1 saturated carbocycles. The van der Waals surface area contributed by atoms with Gasteiger partial charge in [-0.3, -0.25) is 0 Å². The standard InChI is InChI=1S/C13H20O2/c1-9-4-3-5-11(8-9)13(14)12-6-7-15-10(12)2/h6-7,9,11,13-14H,3-5,8H2,1-2H3. The van der Waals surface area contributed by atoms with E-state index in [0.717, 1.165) is 30.1 Å². The Hall–Kier alpha value is -0.760. The van der Waals surface area contributed by atoms with Crippen LogP contribution in [-0.2, 0) is 0 Å². The second-order valence-electron chi connectivity index (χ2n) is 4.91. The maximum Gasteiger partial charge on any atom is 0.106 e. The van der Waals surface area contributed by atoms with Gasteiger partial charge in [-0.05, 0) is 37.7 Å². The molecule has 1 fully saturated rings. The Morgan fingerprint density at radius 3 is 2.87 bits per heavy atom. The summed E-state index contributed by atoms with van der Waals surface area (Å²) >= 11 is 0. The van der Waals surface area contributed by atoms with Gasteiger partial charge < -0.3 is 9.52 Å². The van der Waals surface area contributed by atoms with Gasteiger partial charge in [-0.15, -0.1) is 0 Å². The minimum Gasteiger partial charge on any atom is -0.469 e. The van der Waals surface area contributed by atoms with E-state index in [2.05, 4.69) is 6.92 Å². The van der Waals surface area contributed by atoms with Crippen molar-refractivity contribution in [3.8, 4) is 0 Å². The molecule has 15 heavy (non-hydrogen) atoms. The number of hydrogen-bond acceptors (Lipinski definition) is 2. The molecule has 1 heterocycles. The lowest BCUT2D eigenvalue weighted by Crippen LogP contribution is -2.20. The van der Waals surface area contributed by atoms with E-state index in [4.69, 9.17) is 4.42 Å². The third-order valence-corrected chi connectivity index (χ3v) is 3.64. The molecule has 1 aromatic rings. The average molecular weight is 208 g/mol. The summed E-state index contributed by atoms with van der Waals surface area (Å²) in [6, 6.07) is 1.90. The highest BCUT2D eigenvalue weighted by molar-refractivity contribution is 5.19. The quantitative estimate of drug-likeness (QED) is 0.807. The number of aryl methyl sites for hydroxylation is 1. The molecule has 1 N–H and O–H groups in total. The van der Waals surface area contributed by atoms with Gasteiger partial charge in [0.05, 0.1) is 12.4 Å². The van der Waals surface area contributed by atoms with Crippen LogP contribution >= 0.6 is 0 Å².